The Bertz CT molecular complexity index is 610. The smallest absolute Gasteiger partial charge is 0.237 e. The molecule has 0 saturated heterocycles. The van der Waals surface area contributed by atoms with Gasteiger partial charge in [0, 0.05) is 12.3 Å². The van der Waals surface area contributed by atoms with Crippen LogP contribution in [-0.4, -0.2) is 27.9 Å². The van der Waals surface area contributed by atoms with Crippen LogP contribution in [0.15, 0.2) is 18.2 Å². The van der Waals surface area contributed by atoms with Crippen molar-refractivity contribution in [1.82, 2.24) is 9.55 Å². The fraction of sp³-hybridized carbons (Fsp3) is 0.429. The Morgan fingerprint density at radius 3 is 2.95 bits per heavy atom. The normalized spacial score (nSPS) is 10.9. The van der Waals surface area contributed by atoms with E-state index >= 15 is 0 Å². The van der Waals surface area contributed by atoms with Gasteiger partial charge in [-0.2, -0.15) is 0 Å². The summed E-state index contributed by atoms with van der Waals surface area (Å²) in [6, 6.07) is 5.67. The first kappa shape index (κ1) is 14.7. The van der Waals surface area contributed by atoms with Gasteiger partial charge in [0.15, 0.2) is 0 Å². The topological polar surface area (TPSA) is 70.1 Å². The maximum Gasteiger partial charge on any atom is 0.237 e. The number of carbonyl (C=O) groups is 1. The van der Waals surface area contributed by atoms with E-state index in [4.69, 9.17) is 22.1 Å². The number of carbonyl (C=O) groups excluding carboxylic acids is 1. The number of aromatic nitrogens is 2. The highest BCUT2D eigenvalue weighted by atomic mass is 35.5. The minimum atomic E-state index is -0.403. The molecule has 2 N–H and O–H groups in total. The minimum absolute atomic E-state index is 0.0972. The fourth-order valence-corrected chi connectivity index (χ4v) is 2.27. The highest BCUT2D eigenvalue weighted by Crippen LogP contribution is 2.26. The van der Waals surface area contributed by atoms with Gasteiger partial charge in [-0.15, -0.1) is 11.6 Å². The molecule has 5 nitrogen and oxygen atoms in total. The fourth-order valence-electron chi connectivity index (χ4n) is 2.11. The molecule has 0 radical (unpaired) electrons. The second-order valence-electron chi connectivity index (χ2n) is 4.49. The predicted molar refractivity (Wildman–Crippen MR) is 79.1 cm³/mol. The zero-order valence-corrected chi connectivity index (χ0v) is 12.2. The highest BCUT2D eigenvalue weighted by Gasteiger charge is 2.15. The number of para-hydroxylation sites is 1. The molecular formula is C14H18ClN3O2. The van der Waals surface area contributed by atoms with E-state index in [1.807, 2.05) is 25.1 Å². The van der Waals surface area contributed by atoms with Crippen LogP contribution in [-0.2, 0) is 17.8 Å². The maximum absolute atomic E-state index is 11.2. The number of amides is 1. The molecule has 1 aromatic heterocycles. The van der Waals surface area contributed by atoms with E-state index in [9.17, 15) is 4.79 Å². The van der Waals surface area contributed by atoms with Gasteiger partial charge in [0.25, 0.3) is 0 Å². The summed E-state index contributed by atoms with van der Waals surface area (Å²) in [7, 11) is 0. The Morgan fingerprint density at radius 2 is 2.30 bits per heavy atom. The molecule has 0 aliphatic heterocycles. The van der Waals surface area contributed by atoms with Crippen LogP contribution in [0.4, 0.5) is 0 Å². The Kier molecular flexibility index (Phi) is 4.84. The van der Waals surface area contributed by atoms with Crippen LogP contribution in [0.2, 0.25) is 0 Å². The monoisotopic (exact) mass is 295 g/mol. The second-order valence-corrected chi connectivity index (χ2v) is 4.87. The van der Waals surface area contributed by atoms with Gasteiger partial charge >= 0.3 is 0 Å². The molecule has 0 atom stereocenters. The number of aryl methyl sites for hydroxylation is 1. The summed E-state index contributed by atoms with van der Waals surface area (Å²) < 4.78 is 7.50. The molecule has 0 aliphatic rings. The quantitative estimate of drug-likeness (QED) is 0.795. The first-order valence-electron chi connectivity index (χ1n) is 6.62. The number of nitrogens with two attached hydrogens (primary N) is 1. The molecule has 2 aromatic rings. The van der Waals surface area contributed by atoms with Crippen molar-refractivity contribution in [2.45, 2.75) is 26.3 Å². The van der Waals surface area contributed by atoms with Crippen LogP contribution in [0.3, 0.4) is 0 Å². The molecule has 0 fully saturated rings. The van der Waals surface area contributed by atoms with Crippen LogP contribution < -0.4 is 10.5 Å². The Hall–Kier alpha value is -1.75. The number of alkyl halides is 1. The number of rotatable bonds is 7. The second kappa shape index (κ2) is 6.61. The molecular weight excluding hydrogens is 278 g/mol. The van der Waals surface area contributed by atoms with Crippen LogP contribution >= 0.6 is 11.6 Å². The van der Waals surface area contributed by atoms with Crippen molar-refractivity contribution in [3.63, 3.8) is 0 Å². The number of benzene rings is 1. The molecule has 20 heavy (non-hydrogen) atoms. The van der Waals surface area contributed by atoms with E-state index in [1.54, 1.807) is 4.57 Å². The Morgan fingerprint density at radius 1 is 1.50 bits per heavy atom. The maximum atomic E-state index is 11.2. The molecule has 2 rings (SSSR count). The Labute approximate surface area is 122 Å². The molecule has 0 bridgehead atoms. The largest absolute Gasteiger partial charge is 0.491 e. The summed E-state index contributed by atoms with van der Waals surface area (Å²) in [5.41, 5.74) is 6.90. The van der Waals surface area contributed by atoms with E-state index in [0.717, 1.165) is 29.0 Å². The van der Waals surface area contributed by atoms with E-state index in [-0.39, 0.29) is 6.54 Å². The van der Waals surface area contributed by atoms with Crippen molar-refractivity contribution in [2.24, 2.45) is 5.73 Å². The van der Waals surface area contributed by atoms with Crippen molar-refractivity contribution in [1.29, 1.82) is 0 Å². The van der Waals surface area contributed by atoms with Crippen LogP contribution in [0, 0.1) is 0 Å². The number of primary amides is 1. The lowest BCUT2D eigenvalue weighted by atomic mass is 10.3. The summed E-state index contributed by atoms with van der Waals surface area (Å²) in [6.45, 7) is 2.78. The van der Waals surface area contributed by atoms with Gasteiger partial charge in [-0.3, -0.25) is 4.79 Å². The van der Waals surface area contributed by atoms with Gasteiger partial charge in [0.05, 0.1) is 12.1 Å². The van der Waals surface area contributed by atoms with Gasteiger partial charge in [0.2, 0.25) is 5.91 Å². The molecule has 1 heterocycles. The molecule has 0 unspecified atom stereocenters. The van der Waals surface area contributed by atoms with E-state index < -0.39 is 5.91 Å². The number of fused-ring (bicyclic) bond motifs is 1. The third-order valence-electron chi connectivity index (χ3n) is 2.91. The lowest BCUT2D eigenvalue weighted by molar-refractivity contribution is -0.118. The summed E-state index contributed by atoms with van der Waals surface area (Å²) in [6.07, 6.45) is 1.50. The first-order chi connectivity index (χ1) is 9.67. The van der Waals surface area contributed by atoms with Crippen molar-refractivity contribution in [3.8, 4) is 5.75 Å². The number of hydrogen-bond acceptors (Lipinski definition) is 3. The standard InChI is InChI=1S/C14H18ClN3O2/c1-2-8-20-11-5-3-4-10-14(11)17-13(6-7-15)18(10)9-12(16)19/h3-5H,2,6-9H2,1H3,(H2,16,19). The van der Waals surface area contributed by atoms with Gasteiger partial charge in [-0.25, -0.2) is 4.98 Å². The minimum Gasteiger partial charge on any atom is -0.491 e. The van der Waals surface area contributed by atoms with Crippen molar-refractivity contribution in [2.75, 3.05) is 12.5 Å². The predicted octanol–water partition coefficient (Wildman–Crippen LogP) is 2.09. The van der Waals surface area contributed by atoms with Gasteiger partial charge in [0.1, 0.15) is 23.6 Å². The molecule has 0 spiro atoms. The van der Waals surface area contributed by atoms with E-state index in [1.165, 1.54) is 0 Å². The SMILES string of the molecule is CCCOc1cccc2c1nc(CCCl)n2CC(N)=O. The molecule has 1 amide bonds. The molecule has 1 aromatic carbocycles. The number of imidazole rings is 1. The molecule has 0 aliphatic carbocycles. The molecule has 0 saturated carbocycles. The van der Waals surface area contributed by atoms with Crippen LogP contribution in [0.5, 0.6) is 5.75 Å². The summed E-state index contributed by atoms with van der Waals surface area (Å²) in [5, 5.41) is 0. The molecule has 108 valence electrons. The van der Waals surface area contributed by atoms with Gasteiger partial charge < -0.3 is 15.0 Å². The first-order valence-corrected chi connectivity index (χ1v) is 7.16. The lowest BCUT2D eigenvalue weighted by Gasteiger charge is -2.07. The average Bonchev–Trinajstić information content (AvgIpc) is 2.75. The van der Waals surface area contributed by atoms with Gasteiger partial charge in [-0.1, -0.05) is 13.0 Å². The molecule has 6 heteroatoms. The number of nitrogens with zero attached hydrogens (tertiary/aromatic N) is 2. The number of halogens is 1. The zero-order valence-electron chi connectivity index (χ0n) is 11.4. The summed E-state index contributed by atoms with van der Waals surface area (Å²) >= 11 is 5.79. The van der Waals surface area contributed by atoms with Crippen LogP contribution in [0.1, 0.15) is 19.2 Å². The van der Waals surface area contributed by atoms with Gasteiger partial charge in [-0.05, 0) is 18.6 Å². The zero-order chi connectivity index (χ0) is 14.5. The lowest BCUT2D eigenvalue weighted by Crippen LogP contribution is -2.20. The Balaban J connectivity index is 2.51. The highest BCUT2D eigenvalue weighted by molar-refractivity contribution is 6.17. The number of ether oxygens (including phenoxy) is 1. The van der Waals surface area contributed by atoms with Crippen molar-refractivity contribution >= 4 is 28.5 Å². The summed E-state index contributed by atoms with van der Waals surface area (Å²) in [4.78, 5) is 15.8. The number of hydrogen-bond donors (Lipinski definition) is 1. The van der Waals surface area contributed by atoms with Crippen molar-refractivity contribution < 1.29 is 9.53 Å². The third kappa shape index (κ3) is 3.04. The van der Waals surface area contributed by atoms with E-state index in [0.29, 0.717) is 18.9 Å². The van der Waals surface area contributed by atoms with Crippen LogP contribution in [0.25, 0.3) is 11.0 Å². The van der Waals surface area contributed by atoms with E-state index in [2.05, 4.69) is 4.98 Å². The van der Waals surface area contributed by atoms with Crippen molar-refractivity contribution in [3.05, 3.63) is 24.0 Å². The average molecular weight is 296 g/mol. The summed E-state index contributed by atoms with van der Waals surface area (Å²) in [5.74, 6) is 1.51. The third-order valence-corrected chi connectivity index (χ3v) is 3.10.